The molecule has 0 amide bonds. The summed E-state index contributed by atoms with van der Waals surface area (Å²) < 4.78 is 16.3. The fourth-order valence-corrected chi connectivity index (χ4v) is 6.52. The Labute approximate surface area is 256 Å². The molecule has 0 N–H and O–H groups in total. The number of rotatable bonds is 17. The first-order chi connectivity index (χ1) is 20.6. The number of benzene rings is 3. The van der Waals surface area contributed by atoms with Gasteiger partial charge < -0.3 is 19.1 Å². The van der Waals surface area contributed by atoms with Crippen molar-refractivity contribution in [2.45, 2.75) is 80.9 Å². The Morgan fingerprint density at radius 2 is 1.36 bits per heavy atom. The summed E-state index contributed by atoms with van der Waals surface area (Å²) >= 11 is 1.78. The van der Waals surface area contributed by atoms with Gasteiger partial charge in [-0.1, -0.05) is 94.7 Å². The molecule has 0 fully saturated rings. The van der Waals surface area contributed by atoms with Crippen LogP contribution in [0.5, 0.6) is 17.2 Å². The van der Waals surface area contributed by atoms with E-state index in [1.807, 2.05) is 18.2 Å². The van der Waals surface area contributed by atoms with E-state index in [1.165, 1.54) is 73.3 Å². The molecule has 3 aromatic carbocycles. The zero-order valence-electron chi connectivity index (χ0n) is 25.6. The van der Waals surface area contributed by atoms with Crippen LogP contribution in [-0.2, 0) is 0 Å². The first-order valence-corrected chi connectivity index (χ1v) is 16.1. The van der Waals surface area contributed by atoms with Gasteiger partial charge in [0.05, 0.1) is 32.7 Å². The number of hydrogen-bond acceptors (Lipinski definition) is 6. The van der Waals surface area contributed by atoms with E-state index in [4.69, 9.17) is 14.2 Å². The van der Waals surface area contributed by atoms with Crippen LogP contribution in [0.15, 0.2) is 70.5 Å². The van der Waals surface area contributed by atoms with Gasteiger partial charge in [0.1, 0.15) is 0 Å². The van der Waals surface area contributed by atoms with Gasteiger partial charge >= 0.3 is 0 Å². The van der Waals surface area contributed by atoms with E-state index in [9.17, 15) is 4.79 Å². The highest BCUT2D eigenvalue weighted by atomic mass is 32.2. The van der Waals surface area contributed by atoms with Gasteiger partial charge in [0.15, 0.2) is 17.3 Å². The minimum atomic E-state index is -0.0469. The van der Waals surface area contributed by atoms with Crippen molar-refractivity contribution in [1.29, 1.82) is 0 Å². The van der Waals surface area contributed by atoms with Crippen LogP contribution in [0.3, 0.4) is 0 Å². The third-order valence-corrected chi connectivity index (χ3v) is 8.89. The van der Waals surface area contributed by atoms with Crippen molar-refractivity contribution in [2.24, 2.45) is 0 Å². The SMILES string of the molecule is CCCCCCCCCCCCN1c2ccccc2Sc2ccc(C(=O)/C=C/c3cc(OC)c(OC)c(OC)c3)cc21. The smallest absolute Gasteiger partial charge is 0.203 e. The third-order valence-electron chi connectivity index (χ3n) is 7.76. The number of allylic oxidation sites excluding steroid dienone is 1. The third kappa shape index (κ3) is 8.13. The predicted molar refractivity (Wildman–Crippen MR) is 175 cm³/mol. The molecule has 0 saturated carbocycles. The number of para-hydroxylation sites is 1. The van der Waals surface area contributed by atoms with E-state index < -0.39 is 0 Å². The Kier molecular flexibility index (Phi) is 12.3. The Balaban J connectivity index is 1.44. The van der Waals surface area contributed by atoms with Crippen molar-refractivity contribution in [1.82, 2.24) is 0 Å². The number of carbonyl (C=O) groups excluding carboxylic acids is 1. The molecule has 0 unspecified atom stereocenters. The highest BCUT2D eigenvalue weighted by Gasteiger charge is 2.24. The molecule has 4 rings (SSSR count). The fourth-order valence-electron chi connectivity index (χ4n) is 5.45. The lowest BCUT2D eigenvalue weighted by atomic mass is 10.1. The number of ether oxygens (including phenoxy) is 3. The summed E-state index contributed by atoms with van der Waals surface area (Å²) in [5, 5.41) is 0. The van der Waals surface area contributed by atoms with Crippen molar-refractivity contribution in [3.63, 3.8) is 0 Å². The molecule has 3 aromatic rings. The Morgan fingerprint density at radius 3 is 2.00 bits per heavy atom. The molecule has 0 aliphatic carbocycles. The average molecular weight is 588 g/mol. The molecular weight excluding hydrogens is 542 g/mol. The van der Waals surface area contributed by atoms with Crippen LogP contribution in [0.4, 0.5) is 11.4 Å². The van der Waals surface area contributed by atoms with Gasteiger partial charge in [-0.25, -0.2) is 0 Å². The molecular formula is C36H45NO4S. The van der Waals surface area contributed by atoms with Crippen LogP contribution in [0.1, 0.15) is 87.1 Å². The second-order valence-corrected chi connectivity index (χ2v) is 11.8. The number of nitrogens with zero attached hydrogens (tertiary/aromatic N) is 1. The van der Waals surface area contributed by atoms with E-state index in [0.717, 1.165) is 24.2 Å². The number of hydrogen-bond donors (Lipinski definition) is 0. The van der Waals surface area contributed by atoms with E-state index in [0.29, 0.717) is 22.8 Å². The lowest BCUT2D eigenvalue weighted by molar-refractivity contribution is 0.104. The molecule has 1 heterocycles. The number of anilines is 2. The van der Waals surface area contributed by atoms with Crippen molar-refractivity contribution in [2.75, 3.05) is 32.8 Å². The summed E-state index contributed by atoms with van der Waals surface area (Å²) in [5.74, 6) is 1.58. The Morgan fingerprint density at radius 1 is 0.738 bits per heavy atom. The van der Waals surface area contributed by atoms with E-state index in [1.54, 1.807) is 45.2 Å². The normalized spacial score (nSPS) is 12.2. The minimum absolute atomic E-state index is 0.0469. The van der Waals surface area contributed by atoms with Gasteiger partial charge in [0, 0.05) is 21.9 Å². The molecule has 42 heavy (non-hydrogen) atoms. The maximum absolute atomic E-state index is 13.3. The first-order valence-electron chi connectivity index (χ1n) is 15.3. The number of ketones is 1. The molecule has 0 atom stereocenters. The average Bonchev–Trinajstić information content (AvgIpc) is 3.03. The number of methoxy groups -OCH3 is 3. The molecule has 0 saturated heterocycles. The van der Waals surface area contributed by atoms with Gasteiger partial charge in [-0.3, -0.25) is 4.79 Å². The second kappa shape index (κ2) is 16.3. The van der Waals surface area contributed by atoms with Crippen LogP contribution < -0.4 is 19.1 Å². The molecule has 0 radical (unpaired) electrons. The topological polar surface area (TPSA) is 48.0 Å². The van der Waals surface area contributed by atoms with Crippen molar-refractivity contribution in [3.05, 3.63) is 71.8 Å². The van der Waals surface area contributed by atoms with E-state index in [2.05, 4.69) is 48.2 Å². The van der Waals surface area contributed by atoms with Gasteiger partial charge in [0.2, 0.25) is 5.75 Å². The predicted octanol–water partition coefficient (Wildman–Crippen LogP) is 10.1. The zero-order valence-corrected chi connectivity index (χ0v) is 26.4. The zero-order chi connectivity index (χ0) is 29.7. The van der Waals surface area contributed by atoms with Gasteiger partial charge in [0.25, 0.3) is 0 Å². The summed E-state index contributed by atoms with van der Waals surface area (Å²) in [4.78, 5) is 18.2. The van der Waals surface area contributed by atoms with Crippen molar-refractivity contribution in [3.8, 4) is 17.2 Å². The summed E-state index contributed by atoms with van der Waals surface area (Å²) in [6.07, 6.45) is 16.5. The van der Waals surface area contributed by atoms with Crippen LogP contribution in [0.25, 0.3) is 6.08 Å². The van der Waals surface area contributed by atoms with Gasteiger partial charge in [-0.15, -0.1) is 0 Å². The molecule has 6 heteroatoms. The van der Waals surface area contributed by atoms with Gasteiger partial charge in [-0.05, 0) is 60.5 Å². The van der Waals surface area contributed by atoms with Crippen LogP contribution in [0.2, 0.25) is 0 Å². The first kappa shape index (κ1) is 31.6. The largest absolute Gasteiger partial charge is 0.493 e. The standard InChI is InChI=1S/C36H45NO4S/c1-5-6-7-8-9-10-11-12-13-16-23-37-29-17-14-15-18-34(29)42-35-22-20-28(26-30(35)37)31(38)21-19-27-24-32(39-2)36(41-4)33(25-27)40-3/h14-15,17-22,24-26H,5-13,16,23H2,1-4H3/b21-19+. The molecule has 0 aromatic heterocycles. The monoisotopic (exact) mass is 587 g/mol. The molecule has 0 spiro atoms. The molecule has 224 valence electrons. The second-order valence-electron chi connectivity index (χ2n) is 10.7. The van der Waals surface area contributed by atoms with Crippen LogP contribution >= 0.6 is 11.8 Å². The molecule has 1 aliphatic heterocycles. The van der Waals surface area contributed by atoms with Gasteiger partial charge in [-0.2, -0.15) is 0 Å². The van der Waals surface area contributed by atoms with Crippen molar-refractivity contribution >= 4 is 35.0 Å². The highest BCUT2D eigenvalue weighted by Crippen LogP contribution is 2.48. The summed E-state index contributed by atoms with van der Waals surface area (Å²) in [6, 6.07) is 18.3. The maximum Gasteiger partial charge on any atom is 0.203 e. The fraction of sp³-hybridized carbons (Fsp3) is 0.417. The van der Waals surface area contributed by atoms with Crippen LogP contribution in [-0.4, -0.2) is 33.7 Å². The lowest BCUT2D eigenvalue weighted by Crippen LogP contribution is -2.22. The number of fused-ring (bicyclic) bond motifs is 2. The maximum atomic E-state index is 13.3. The van der Waals surface area contributed by atoms with Crippen LogP contribution in [0, 0.1) is 0 Å². The Bertz CT molecular complexity index is 1330. The number of carbonyl (C=O) groups is 1. The molecule has 1 aliphatic rings. The molecule has 5 nitrogen and oxygen atoms in total. The summed E-state index contributed by atoms with van der Waals surface area (Å²) in [6.45, 7) is 3.22. The quantitative estimate of drug-likeness (QED) is 0.0890. The van der Waals surface area contributed by atoms with E-state index >= 15 is 0 Å². The highest BCUT2D eigenvalue weighted by molar-refractivity contribution is 7.99. The summed E-state index contributed by atoms with van der Waals surface area (Å²) in [7, 11) is 4.74. The molecule has 0 bridgehead atoms. The van der Waals surface area contributed by atoms with E-state index in [-0.39, 0.29) is 5.78 Å². The number of unbranched alkanes of at least 4 members (excludes halogenated alkanes) is 9. The summed E-state index contributed by atoms with van der Waals surface area (Å²) in [5.41, 5.74) is 3.80. The minimum Gasteiger partial charge on any atom is -0.493 e. The Hall–Kier alpha value is -3.38. The lowest BCUT2D eigenvalue weighted by Gasteiger charge is -2.33. The van der Waals surface area contributed by atoms with Crippen molar-refractivity contribution < 1.29 is 19.0 Å².